The van der Waals surface area contributed by atoms with Crippen LogP contribution in [0.3, 0.4) is 0 Å². The molecule has 0 aromatic heterocycles. The van der Waals surface area contributed by atoms with Gasteiger partial charge in [0.05, 0.1) is 7.11 Å². The highest BCUT2D eigenvalue weighted by Crippen LogP contribution is 1.95. The van der Waals surface area contributed by atoms with E-state index >= 15 is 0 Å². The van der Waals surface area contributed by atoms with Crippen LogP contribution in [-0.4, -0.2) is 25.2 Å². The van der Waals surface area contributed by atoms with Crippen LogP contribution >= 0.6 is 0 Å². The summed E-state index contributed by atoms with van der Waals surface area (Å²) >= 11 is 0. The maximum atomic E-state index is 11.1. The SMILES string of the molecule is C=C/C=C/[C@H](C)OC(=O)/C=C\C(=O)OC. The molecule has 1 atom stereocenters. The zero-order valence-corrected chi connectivity index (χ0v) is 8.80. The van der Waals surface area contributed by atoms with Gasteiger partial charge in [-0.05, 0) is 13.0 Å². The summed E-state index contributed by atoms with van der Waals surface area (Å²) in [5.41, 5.74) is 0. The zero-order chi connectivity index (χ0) is 11.7. The number of rotatable bonds is 5. The minimum Gasteiger partial charge on any atom is -0.466 e. The first kappa shape index (κ1) is 13.2. The fraction of sp³-hybridized carbons (Fsp3) is 0.273. The molecule has 4 nitrogen and oxygen atoms in total. The van der Waals surface area contributed by atoms with E-state index < -0.39 is 11.9 Å². The van der Waals surface area contributed by atoms with E-state index in [2.05, 4.69) is 11.3 Å². The van der Waals surface area contributed by atoms with Crippen LogP contribution in [0.1, 0.15) is 6.92 Å². The van der Waals surface area contributed by atoms with Crippen molar-refractivity contribution in [1.82, 2.24) is 0 Å². The predicted molar refractivity (Wildman–Crippen MR) is 56.0 cm³/mol. The Morgan fingerprint density at radius 3 is 2.40 bits per heavy atom. The normalized spacial score (nSPS) is 12.7. The number of ether oxygens (including phenoxy) is 2. The summed E-state index contributed by atoms with van der Waals surface area (Å²) in [5, 5.41) is 0. The number of allylic oxidation sites excluding steroid dienone is 2. The van der Waals surface area contributed by atoms with Crippen molar-refractivity contribution in [2.75, 3.05) is 7.11 Å². The summed E-state index contributed by atoms with van der Waals surface area (Å²) in [7, 11) is 1.23. The summed E-state index contributed by atoms with van der Waals surface area (Å²) < 4.78 is 9.19. The minimum atomic E-state index is -0.596. The van der Waals surface area contributed by atoms with Crippen LogP contribution < -0.4 is 0 Å². The third-order valence-electron chi connectivity index (χ3n) is 1.38. The summed E-state index contributed by atoms with van der Waals surface area (Å²) in [5.74, 6) is -1.19. The maximum Gasteiger partial charge on any atom is 0.331 e. The fourth-order valence-electron chi connectivity index (χ4n) is 0.701. The Morgan fingerprint density at radius 2 is 1.87 bits per heavy atom. The first-order valence-electron chi connectivity index (χ1n) is 4.36. The van der Waals surface area contributed by atoms with Gasteiger partial charge in [0.1, 0.15) is 6.10 Å². The molecule has 0 aliphatic rings. The lowest BCUT2D eigenvalue weighted by molar-refractivity contribution is -0.141. The molecule has 15 heavy (non-hydrogen) atoms. The Balaban J connectivity index is 4.03. The van der Waals surface area contributed by atoms with Crippen molar-refractivity contribution in [3.05, 3.63) is 37.0 Å². The van der Waals surface area contributed by atoms with Crippen LogP contribution in [0.15, 0.2) is 37.0 Å². The molecule has 0 heterocycles. The van der Waals surface area contributed by atoms with Gasteiger partial charge in [-0.1, -0.05) is 18.7 Å². The lowest BCUT2D eigenvalue weighted by Gasteiger charge is -2.05. The van der Waals surface area contributed by atoms with E-state index in [1.165, 1.54) is 7.11 Å². The highest BCUT2D eigenvalue weighted by atomic mass is 16.5. The van der Waals surface area contributed by atoms with Crippen molar-refractivity contribution < 1.29 is 19.1 Å². The molecule has 0 N–H and O–H groups in total. The van der Waals surface area contributed by atoms with Crippen LogP contribution in [0.5, 0.6) is 0 Å². The van der Waals surface area contributed by atoms with E-state index in [4.69, 9.17) is 4.74 Å². The Hall–Kier alpha value is -1.84. The van der Waals surface area contributed by atoms with Crippen molar-refractivity contribution in [3.8, 4) is 0 Å². The number of carbonyl (C=O) groups excluding carboxylic acids is 2. The van der Waals surface area contributed by atoms with Gasteiger partial charge in [0.15, 0.2) is 0 Å². The Labute approximate surface area is 88.9 Å². The van der Waals surface area contributed by atoms with Crippen LogP contribution in [0.2, 0.25) is 0 Å². The average molecular weight is 210 g/mol. The molecule has 0 aliphatic heterocycles. The van der Waals surface area contributed by atoms with Crippen LogP contribution in [0.4, 0.5) is 0 Å². The molecule has 0 bridgehead atoms. The van der Waals surface area contributed by atoms with Crippen LogP contribution in [0, 0.1) is 0 Å². The Morgan fingerprint density at radius 1 is 1.27 bits per heavy atom. The Kier molecular flexibility index (Phi) is 6.63. The van der Waals surface area contributed by atoms with Gasteiger partial charge in [0, 0.05) is 12.2 Å². The quantitative estimate of drug-likeness (QED) is 0.391. The molecular weight excluding hydrogens is 196 g/mol. The molecule has 0 saturated heterocycles. The second-order valence-corrected chi connectivity index (χ2v) is 2.62. The van der Waals surface area contributed by atoms with Crippen molar-refractivity contribution in [2.24, 2.45) is 0 Å². The molecule has 0 aliphatic carbocycles. The summed E-state index contributed by atoms with van der Waals surface area (Å²) in [4.78, 5) is 21.7. The Bertz CT molecular complexity index is 289. The topological polar surface area (TPSA) is 52.6 Å². The highest BCUT2D eigenvalue weighted by Gasteiger charge is 2.03. The van der Waals surface area contributed by atoms with Gasteiger partial charge >= 0.3 is 11.9 Å². The monoisotopic (exact) mass is 210 g/mol. The van der Waals surface area contributed by atoms with Gasteiger partial charge in [0.25, 0.3) is 0 Å². The lowest BCUT2D eigenvalue weighted by Crippen LogP contribution is -2.10. The first-order chi connectivity index (χ1) is 7.10. The van der Waals surface area contributed by atoms with Gasteiger partial charge in [-0.25, -0.2) is 9.59 Å². The van der Waals surface area contributed by atoms with E-state index in [0.717, 1.165) is 12.2 Å². The molecular formula is C11H14O4. The summed E-state index contributed by atoms with van der Waals surface area (Å²) in [6.07, 6.45) is 6.57. The molecule has 82 valence electrons. The van der Waals surface area contributed by atoms with Gasteiger partial charge in [-0.3, -0.25) is 0 Å². The average Bonchev–Trinajstić information content (AvgIpc) is 2.22. The number of methoxy groups -OCH3 is 1. The largest absolute Gasteiger partial charge is 0.466 e. The molecule has 0 saturated carbocycles. The van der Waals surface area contributed by atoms with Gasteiger partial charge in [0.2, 0.25) is 0 Å². The van der Waals surface area contributed by atoms with E-state index in [0.29, 0.717) is 0 Å². The molecule has 0 fully saturated rings. The molecule has 4 heteroatoms. The molecule has 0 rings (SSSR count). The molecule has 0 spiro atoms. The molecule has 0 unspecified atom stereocenters. The van der Waals surface area contributed by atoms with Crippen molar-refractivity contribution in [1.29, 1.82) is 0 Å². The number of carbonyl (C=O) groups is 2. The number of esters is 2. The van der Waals surface area contributed by atoms with Crippen molar-refractivity contribution in [3.63, 3.8) is 0 Å². The smallest absolute Gasteiger partial charge is 0.331 e. The second-order valence-electron chi connectivity index (χ2n) is 2.62. The summed E-state index contributed by atoms with van der Waals surface area (Å²) in [6, 6.07) is 0. The predicted octanol–water partition coefficient (Wildman–Crippen LogP) is 1.39. The van der Waals surface area contributed by atoms with Gasteiger partial charge < -0.3 is 9.47 Å². The molecule has 0 amide bonds. The van der Waals surface area contributed by atoms with E-state index in [1.807, 2.05) is 0 Å². The van der Waals surface area contributed by atoms with Crippen molar-refractivity contribution >= 4 is 11.9 Å². The molecule has 0 aromatic rings. The van der Waals surface area contributed by atoms with Gasteiger partial charge in [-0.15, -0.1) is 0 Å². The maximum absolute atomic E-state index is 11.1. The third-order valence-corrected chi connectivity index (χ3v) is 1.38. The minimum absolute atomic E-state index is 0.363. The lowest BCUT2D eigenvalue weighted by atomic mass is 10.3. The summed E-state index contributed by atoms with van der Waals surface area (Å²) in [6.45, 7) is 5.18. The van der Waals surface area contributed by atoms with E-state index in [-0.39, 0.29) is 6.10 Å². The highest BCUT2D eigenvalue weighted by molar-refractivity contribution is 5.91. The fourth-order valence-corrected chi connectivity index (χ4v) is 0.701. The third kappa shape index (κ3) is 7.25. The standard InChI is InChI=1S/C11H14O4/c1-4-5-6-9(2)15-11(13)8-7-10(12)14-3/h4-9H,1H2,2-3H3/b6-5+,8-7-/t9-/m0/s1. The number of hydrogen-bond donors (Lipinski definition) is 0. The molecule has 0 aromatic carbocycles. The molecule has 0 radical (unpaired) electrons. The zero-order valence-electron chi connectivity index (χ0n) is 8.80. The number of hydrogen-bond acceptors (Lipinski definition) is 4. The first-order valence-corrected chi connectivity index (χ1v) is 4.36. The van der Waals surface area contributed by atoms with Crippen LogP contribution in [-0.2, 0) is 19.1 Å². The van der Waals surface area contributed by atoms with Crippen LogP contribution in [0.25, 0.3) is 0 Å². The van der Waals surface area contributed by atoms with E-state index in [1.54, 1.807) is 25.2 Å². The second kappa shape index (κ2) is 7.55. The van der Waals surface area contributed by atoms with Gasteiger partial charge in [-0.2, -0.15) is 0 Å². The van der Waals surface area contributed by atoms with Crippen molar-refractivity contribution in [2.45, 2.75) is 13.0 Å². The van der Waals surface area contributed by atoms with E-state index in [9.17, 15) is 9.59 Å².